The zero-order chi connectivity index (χ0) is 21.3. The van der Waals surface area contributed by atoms with Crippen molar-refractivity contribution in [3.8, 4) is 17.1 Å². The summed E-state index contributed by atoms with van der Waals surface area (Å²) in [6, 6.07) is 11.7. The van der Waals surface area contributed by atoms with Gasteiger partial charge in [0.15, 0.2) is 5.82 Å². The van der Waals surface area contributed by atoms with Gasteiger partial charge in [0.1, 0.15) is 17.3 Å². The summed E-state index contributed by atoms with van der Waals surface area (Å²) in [7, 11) is 1.52. The number of para-hydroxylation sites is 1. The number of aromatic nitrogens is 4. The van der Waals surface area contributed by atoms with Crippen LogP contribution in [0, 0.1) is 6.92 Å². The first kappa shape index (κ1) is 19.6. The summed E-state index contributed by atoms with van der Waals surface area (Å²) in [4.78, 5) is 37.1. The Labute approximate surface area is 173 Å². The van der Waals surface area contributed by atoms with Crippen LogP contribution in [0.2, 0.25) is 0 Å². The Hall–Kier alpha value is -3.75. The predicted octanol–water partition coefficient (Wildman–Crippen LogP) is 1.21. The van der Waals surface area contributed by atoms with Gasteiger partial charge in [-0.3, -0.25) is 9.59 Å². The van der Waals surface area contributed by atoms with Crippen molar-refractivity contribution in [2.75, 3.05) is 31.1 Å². The summed E-state index contributed by atoms with van der Waals surface area (Å²) < 4.78 is 1.16. The molecule has 0 aliphatic carbocycles. The Morgan fingerprint density at radius 2 is 1.77 bits per heavy atom. The number of phenols is 1. The number of carbonyl (C=O) groups excluding carboxylic acids is 1. The first-order valence-electron chi connectivity index (χ1n) is 9.65. The van der Waals surface area contributed by atoms with Gasteiger partial charge in [0, 0.05) is 51.1 Å². The van der Waals surface area contributed by atoms with E-state index in [0.717, 1.165) is 16.2 Å². The maximum atomic E-state index is 12.7. The second-order valence-corrected chi connectivity index (χ2v) is 7.17. The van der Waals surface area contributed by atoms with Crippen LogP contribution in [0.25, 0.3) is 11.4 Å². The molecule has 1 saturated heterocycles. The largest absolute Gasteiger partial charge is 0.507 e. The molecule has 1 aliphatic rings. The molecule has 3 aromatic rings. The maximum Gasteiger partial charge on any atom is 0.274 e. The molecule has 0 atom stereocenters. The van der Waals surface area contributed by atoms with Gasteiger partial charge < -0.3 is 14.9 Å². The minimum Gasteiger partial charge on any atom is -0.507 e. The summed E-state index contributed by atoms with van der Waals surface area (Å²) >= 11 is 0. The summed E-state index contributed by atoms with van der Waals surface area (Å²) in [5.74, 6) is 1.16. The maximum absolute atomic E-state index is 12.7. The lowest BCUT2D eigenvalue weighted by Crippen LogP contribution is -2.49. The first-order chi connectivity index (χ1) is 14.4. The van der Waals surface area contributed by atoms with Crippen LogP contribution in [0.1, 0.15) is 16.2 Å². The highest BCUT2D eigenvalue weighted by atomic mass is 16.3. The van der Waals surface area contributed by atoms with E-state index in [9.17, 15) is 14.7 Å². The molecule has 1 fully saturated rings. The first-order valence-corrected chi connectivity index (χ1v) is 9.65. The van der Waals surface area contributed by atoms with Crippen molar-refractivity contribution in [1.29, 1.82) is 0 Å². The minimum absolute atomic E-state index is 0.134. The number of aromatic hydroxyl groups is 1. The van der Waals surface area contributed by atoms with E-state index in [2.05, 4.69) is 20.0 Å². The smallest absolute Gasteiger partial charge is 0.274 e. The number of hydrogen-bond acceptors (Lipinski definition) is 7. The van der Waals surface area contributed by atoms with Crippen LogP contribution in [0.5, 0.6) is 5.75 Å². The second-order valence-electron chi connectivity index (χ2n) is 7.17. The lowest BCUT2D eigenvalue weighted by molar-refractivity contribution is 0.0738. The lowest BCUT2D eigenvalue weighted by Gasteiger charge is -2.35. The van der Waals surface area contributed by atoms with E-state index in [1.165, 1.54) is 19.2 Å². The molecule has 0 saturated carbocycles. The molecule has 0 radical (unpaired) electrons. The topological polar surface area (TPSA) is 104 Å². The molecule has 1 aromatic carbocycles. The van der Waals surface area contributed by atoms with Gasteiger partial charge in [-0.05, 0) is 25.1 Å². The fourth-order valence-corrected chi connectivity index (χ4v) is 3.41. The average molecular weight is 406 g/mol. The fraction of sp³-hybridized carbons (Fsp3) is 0.286. The number of hydrogen-bond donors (Lipinski definition) is 1. The lowest BCUT2D eigenvalue weighted by atomic mass is 10.2. The van der Waals surface area contributed by atoms with Crippen molar-refractivity contribution in [3.05, 3.63) is 64.2 Å². The molecule has 1 aliphatic heterocycles. The zero-order valence-corrected chi connectivity index (χ0v) is 16.8. The molecule has 30 heavy (non-hydrogen) atoms. The number of phenolic OH excluding ortho intramolecular Hbond substituents is 1. The van der Waals surface area contributed by atoms with Gasteiger partial charge in [-0.25, -0.2) is 14.6 Å². The van der Waals surface area contributed by atoms with Gasteiger partial charge in [-0.1, -0.05) is 12.1 Å². The van der Waals surface area contributed by atoms with Gasteiger partial charge in [0.25, 0.3) is 11.5 Å². The van der Waals surface area contributed by atoms with Gasteiger partial charge in [0.05, 0.1) is 5.56 Å². The van der Waals surface area contributed by atoms with E-state index in [4.69, 9.17) is 0 Å². The fourth-order valence-electron chi connectivity index (χ4n) is 3.41. The molecule has 2 aromatic heterocycles. The zero-order valence-electron chi connectivity index (χ0n) is 16.8. The van der Waals surface area contributed by atoms with Crippen LogP contribution in [0.4, 0.5) is 5.82 Å². The van der Waals surface area contributed by atoms with E-state index in [1.807, 2.05) is 19.1 Å². The molecule has 1 N–H and O–H groups in total. The number of anilines is 1. The molecule has 0 unspecified atom stereocenters. The van der Waals surface area contributed by atoms with Crippen molar-refractivity contribution < 1.29 is 9.90 Å². The van der Waals surface area contributed by atoms with Gasteiger partial charge >= 0.3 is 0 Å². The Bertz CT molecular complexity index is 1150. The molecule has 9 nitrogen and oxygen atoms in total. The van der Waals surface area contributed by atoms with Gasteiger partial charge in [-0.2, -0.15) is 5.10 Å². The second kappa shape index (κ2) is 7.94. The van der Waals surface area contributed by atoms with Crippen molar-refractivity contribution in [1.82, 2.24) is 24.6 Å². The Balaban J connectivity index is 1.50. The van der Waals surface area contributed by atoms with E-state index in [0.29, 0.717) is 37.6 Å². The van der Waals surface area contributed by atoms with Crippen molar-refractivity contribution in [2.45, 2.75) is 6.92 Å². The normalized spacial score (nSPS) is 14.1. The standard InChI is InChI=1S/C21H22N6O3/c1-14-13-18(23-20(22-14)15-5-3-4-6-17(15)28)26-9-11-27(12-10-26)21(30)16-7-8-19(29)25(2)24-16/h3-8,13,28H,9-12H2,1-2H3. The van der Waals surface area contributed by atoms with Crippen LogP contribution in [-0.2, 0) is 7.05 Å². The van der Waals surface area contributed by atoms with Gasteiger partial charge in [-0.15, -0.1) is 0 Å². The van der Waals surface area contributed by atoms with Crippen LogP contribution >= 0.6 is 0 Å². The van der Waals surface area contributed by atoms with Crippen LogP contribution in [0.3, 0.4) is 0 Å². The summed E-state index contributed by atoms with van der Waals surface area (Å²) in [6.07, 6.45) is 0. The SMILES string of the molecule is Cc1cc(N2CCN(C(=O)c3ccc(=O)n(C)n3)CC2)nc(-c2ccccc2O)n1. The summed E-state index contributed by atoms with van der Waals surface area (Å²) in [5, 5.41) is 14.2. The van der Waals surface area contributed by atoms with Crippen molar-refractivity contribution in [2.24, 2.45) is 7.05 Å². The highest BCUT2D eigenvalue weighted by molar-refractivity contribution is 5.92. The van der Waals surface area contributed by atoms with Gasteiger partial charge in [0.2, 0.25) is 0 Å². The third kappa shape index (κ3) is 3.86. The number of aryl methyl sites for hydroxylation is 2. The van der Waals surface area contributed by atoms with E-state index in [1.54, 1.807) is 23.1 Å². The monoisotopic (exact) mass is 406 g/mol. The number of nitrogens with zero attached hydrogens (tertiary/aromatic N) is 6. The molecule has 3 heterocycles. The molecule has 1 amide bonds. The predicted molar refractivity (Wildman–Crippen MR) is 111 cm³/mol. The van der Waals surface area contributed by atoms with Crippen molar-refractivity contribution in [3.63, 3.8) is 0 Å². The highest BCUT2D eigenvalue weighted by Gasteiger charge is 2.24. The molecule has 0 bridgehead atoms. The molecular formula is C21H22N6O3. The number of benzene rings is 1. The van der Waals surface area contributed by atoms with E-state index < -0.39 is 0 Å². The molecule has 4 rings (SSSR count). The average Bonchev–Trinajstić information content (AvgIpc) is 2.75. The summed E-state index contributed by atoms with van der Waals surface area (Å²) in [5.41, 5.74) is 1.38. The quantitative estimate of drug-likeness (QED) is 0.697. The van der Waals surface area contributed by atoms with Crippen LogP contribution in [-0.4, -0.2) is 61.8 Å². The number of piperazine rings is 1. The summed E-state index contributed by atoms with van der Waals surface area (Å²) in [6.45, 7) is 4.12. The molecular weight excluding hydrogens is 384 g/mol. The van der Waals surface area contributed by atoms with E-state index in [-0.39, 0.29) is 22.9 Å². The number of amides is 1. The third-order valence-corrected chi connectivity index (χ3v) is 5.06. The highest BCUT2D eigenvalue weighted by Crippen LogP contribution is 2.28. The Morgan fingerprint density at radius 3 is 2.47 bits per heavy atom. The Kier molecular flexibility index (Phi) is 5.18. The number of carbonyl (C=O) groups is 1. The molecule has 9 heteroatoms. The third-order valence-electron chi connectivity index (χ3n) is 5.06. The molecule has 154 valence electrons. The molecule has 0 spiro atoms. The van der Waals surface area contributed by atoms with E-state index >= 15 is 0 Å². The number of rotatable bonds is 3. The Morgan fingerprint density at radius 1 is 1.03 bits per heavy atom. The van der Waals surface area contributed by atoms with Crippen LogP contribution in [0.15, 0.2) is 47.3 Å². The van der Waals surface area contributed by atoms with Crippen molar-refractivity contribution >= 4 is 11.7 Å². The van der Waals surface area contributed by atoms with Crippen LogP contribution < -0.4 is 10.5 Å². The minimum atomic E-state index is -0.254.